The highest BCUT2D eigenvalue weighted by molar-refractivity contribution is 5.89. The van der Waals surface area contributed by atoms with Gasteiger partial charge in [-0.2, -0.15) is 5.10 Å². The Balaban J connectivity index is 1.27. The van der Waals surface area contributed by atoms with Gasteiger partial charge in [0, 0.05) is 38.7 Å². The SMILES string of the molecule is CN(C)Cc1ccc(-c2c3ncn(CC4(O)CCN(C(=O)CCc5ccccc5)CC4)c(=O)c3nn2C)cc1. The number of aliphatic hydroxyl groups is 1. The summed E-state index contributed by atoms with van der Waals surface area (Å²) < 4.78 is 3.14. The molecule has 5 rings (SSSR count). The molecule has 1 amide bonds. The fraction of sp³-hybridized carbons (Fsp3) is 0.400. The van der Waals surface area contributed by atoms with E-state index in [9.17, 15) is 14.7 Å². The maximum Gasteiger partial charge on any atom is 0.281 e. The molecule has 39 heavy (non-hydrogen) atoms. The number of nitrogens with zero attached hydrogens (tertiary/aromatic N) is 6. The van der Waals surface area contributed by atoms with Gasteiger partial charge in [0.15, 0.2) is 5.52 Å². The number of piperidine rings is 1. The first-order chi connectivity index (χ1) is 18.7. The van der Waals surface area contributed by atoms with Gasteiger partial charge in [0.1, 0.15) is 5.52 Å². The van der Waals surface area contributed by atoms with Gasteiger partial charge in [0.2, 0.25) is 5.91 Å². The van der Waals surface area contributed by atoms with Crippen LogP contribution in [0.1, 0.15) is 30.4 Å². The van der Waals surface area contributed by atoms with Crippen LogP contribution < -0.4 is 5.56 Å². The summed E-state index contributed by atoms with van der Waals surface area (Å²) in [6, 6.07) is 18.2. The molecule has 0 radical (unpaired) electrons. The van der Waals surface area contributed by atoms with Crippen LogP contribution in [0.2, 0.25) is 0 Å². The molecule has 1 saturated heterocycles. The molecule has 0 unspecified atom stereocenters. The number of carbonyl (C=O) groups is 1. The molecule has 1 aliphatic rings. The van der Waals surface area contributed by atoms with Crippen molar-refractivity contribution in [2.75, 3.05) is 27.2 Å². The van der Waals surface area contributed by atoms with Crippen LogP contribution in [0.3, 0.4) is 0 Å². The summed E-state index contributed by atoms with van der Waals surface area (Å²) in [5.41, 5.74) is 3.52. The molecule has 4 aromatic rings. The van der Waals surface area contributed by atoms with Gasteiger partial charge in [-0.1, -0.05) is 54.6 Å². The van der Waals surface area contributed by atoms with Gasteiger partial charge in [0.05, 0.1) is 24.2 Å². The van der Waals surface area contributed by atoms with Crippen LogP contribution in [0.4, 0.5) is 0 Å². The summed E-state index contributed by atoms with van der Waals surface area (Å²) in [6.07, 6.45) is 3.46. The van der Waals surface area contributed by atoms with Crippen LogP contribution in [0, 0.1) is 0 Å². The third-order valence-electron chi connectivity index (χ3n) is 7.52. The monoisotopic (exact) mass is 528 g/mol. The topological polar surface area (TPSA) is 96.5 Å². The van der Waals surface area contributed by atoms with Gasteiger partial charge in [-0.3, -0.25) is 18.8 Å². The van der Waals surface area contributed by atoms with Crippen LogP contribution >= 0.6 is 0 Å². The Morgan fingerprint density at radius 1 is 1.00 bits per heavy atom. The predicted octanol–water partition coefficient (Wildman–Crippen LogP) is 2.84. The van der Waals surface area contributed by atoms with Gasteiger partial charge in [0.25, 0.3) is 5.56 Å². The Morgan fingerprint density at radius 2 is 1.69 bits per heavy atom. The Kier molecular flexibility index (Phi) is 7.63. The second-order valence-electron chi connectivity index (χ2n) is 10.9. The molecule has 0 bridgehead atoms. The molecule has 0 spiro atoms. The van der Waals surface area contributed by atoms with Crippen LogP contribution in [-0.2, 0) is 31.4 Å². The summed E-state index contributed by atoms with van der Waals surface area (Å²) in [5.74, 6) is 0.0944. The molecule has 1 N–H and O–H groups in total. The van der Waals surface area contributed by atoms with E-state index in [4.69, 9.17) is 0 Å². The van der Waals surface area contributed by atoms with Crippen molar-refractivity contribution in [3.05, 3.63) is 82.4 Å². The Hall–Kier alpha value is -3.82. The highest BCUT2D eigenvalue weighted by atomic mass is 16.3. The standard InChI is InChI=1S/C30H36N6O3/c1-33(2)19-23-9-12-24(13-10-23)28-26-27(32-34(28)3)29(38)36(21-31-26)20-30(39)15-17-35(18-16-30)25(37)14-11-22-7-5-4-6-8-22/h4-10,12-13,21,39H,11,14-20H2,1-3H3. The zero-order valence-electron chi connectivity index (χ0n) is 22.9. The summed E-state index contributed by atoms with van der Waals surface area (Å²) in [5, 5.41) is 15.8. The smallest absolute Gasteiger partial charge is 0.281 e. The summed E-state index contributed by atoms with van der Waals surface area (Å²) in [6.45, 7) is 1.89. The van der Waals surface area contributed by atoms with E-state index in [2.05, 4.69) is 27.1 Å². The first-order valence-electron chi connectivity index (χ1n) is 13.4. The number of rotatable bonds is 8. The minimum absolute atomic E-state index is 0.0944. The van der Waals surface area contributed by atoms with Crippen molar-refractivity contribution >= 4 is 16.9 Å². The van der Waals surface area contributed by atoms with E-state index in [1.807, 2.05) is 68.5 Å². The van der Waals surface area contributed by atoms with Gasteiger partial charge in [-0.05, 0) is 44.5 Å². The van der Waals surface area contributed by atoms with E-state index >= 15 is 0 Å². The Labute approximate surface area is 228 Å². The fourth-order valence-corrected chi connectivity index (χ4v) is 5.37. The van der Waals surface area contributed by atoms with Crippen molar-refractivity contribution in [1.29, 1.82) is 0 Å². The number of amides is 1. The van der Waals surface area contributed by atoms with Crippen LogP contribution in [0.25, 0.3) is 22.3 Å². The second kappa shape index (κ2) is 11.1. The number of carbonyl (C=O) groups excluding carboxylic acids is 1. The molecule has 2 aromatic heterocycles. The predicted molar refractivity (Wildman–Crippen MR) is 151 cm³/mol. The molecule has 204 valence electrons. The molecule has 1 aliphatic heterocycles. The fourth-order valence-electron chi connectivity index (χ4n) is 5.37. The Morgan fingerprint density at radius 3 is 2.36 bits per heavy atom. The van der Waals surface area contributed by atoms with Crippen LogP contribution in [0.5, 0.6) is 0 Å². The number of fused-ring (bicyclic) bond motifs is 1. The van der Waals surface area contributed by atoms with Crippen molar-refractivity contribution in [2.45, 2.75) is 44.4 Å². The minimum atomic E-state index is -1.09. The van der Waals surface area contributed by atoms with E-state index < -0.39 is 5.60 Å². The largest absolute Gasteiger partial charge is 0.388 e. The molecule has 9 heteroatoms. The molecule has 1 fully saturated rings. The first kappa shape index (κ1) is 26.8. The number of benzene rings is 2. The third-order valence-corrected chi connectivity index (χ3v) is 7.52. The molecule has 0 atom stereocenters. The lowest BCUT2D eigenvalue weighted by Crippen LogP contribution is -2.49. The lowest BCUT2D eigenvalue weighted by Gasteiger charge is -2.38. The highest BCUT2D eigenvalue weighted by Crippen LogP contribution is 2.27. The molecular weight excluding hydrogens is 492 g/mol. The number of aryl methyl sites for hydroxylation is 2. The Bertz CT molecular complexity index is 1500. The number of aromatic nitrogens is 4. The lowest BCUT2D eigenvalue weighted by atomic mass is 9.91. The molecule has 0 saturated carbocycles. The van der Waals surface area contributed by atoms with Gasteiger partial charge in [-0.25, -0.2) is 4.98 Å². The van der Waals surface area contributed by atoms with Crippen molar-refractivity contribution in [3.8, 4) is 11.3 Å². The van der Waals surface area contributed by atoms with Gasteiger partial charge in [-0.15, -0.1) is 0 Å². The van der Waals surface area contributed by atoms with Gasteiger partial charge < -0.3 is 14.9 Å². The van der Waals surface area contributed by atoms with Crippen LogP contribution in [-0.4, -0.2) is 72.9 Å². The summed E-state index contributed by atoms with van der Waals surface area (Å²) in [4.78, 5) is 34.6. The van der Waals surface area contributed by atoms with E-state index in [0.717, 1.165) is 23.4 Å². The van der Waals surface area contributed by atoms with Crippen molar-refractivity contribution < 1.29 is 9.90 Å². The number of hydrogen-bond acceptors (Lipinski definition) is 6. The zero-order valence-corrected chi connectivity index (χ0v) is 22.9. The van der Waals surface area contributed by atoms with E-state index in [1.54, 1.807) is 4.68 Å². The normalized spacial score (nSPS) is 15.3. The van der Waals surface area contributed by atoms with E-state index in [-0.39, 0.29) is 23.5 Å². The number of likely N-dealkylation sites (tertiary alicyclic amines) is 1. The molecular formula is C30H36N6O3. The molecule has 0 aliphatic carbocycles. The average Bonchev–Trinajstić information content (AvgIpc) is 3.26. The maximum absolute atomic E-state index is 13.4. The van der Waals surface area contributed by atoms with Crippen molar-refractivity contribution in [2.24, 2.45) is 7.05 Å². The van der Waals surface area contributed by atoms with Crippen molar-refractivity contribution in [1.82, 2.24) is 29.1 Å². The lowest BCUT2D eigenvalue weighted by molar-refractivity contribution is -0.135. The van der Waals surface area contributed by atoms with Gasteiger partial charge >= 0.3 is 0 Å². The highest BCUT2D eigenvalue weighted by Gasteiger charge is 2.35. The van der Waals surface area contributed by atoms with Crippen molar-refractivity contribution in [3.63, 3.8) is 0 Å². The van der Waals surface area contributed by atoms with E-state index in [1.165, 1.54) is 16.5 Å². The summed E-state index contributed by atoms with van der Waals surface area (Å²) >= 11 is 0. The molecule has 2 aromatic carbocycles. The third kappa shape index (κ3) is 5.94. The minimum Gasteiger partial charge on any atom is -0.388 e. The maximum atomic E-state index is 13.4. The quantitative estimate of drug-likeness (QED) is 0.378. The first-order valence-corrected chi connectivity index (χ1v) is 13.4. The van der Waals surface area contributed by atoms with Crippen LogP contribution in [0.15, 0.2) is 65.7 Å². The average molecular weight is 529 g/mol. The second-order valence-corrected chi connectivity index (χ2v) is 10.9. The molecule has 9 nitrogen and oxygen atoms in total. The number of hydrogen-bond donors (Lipinski definition) is 1. The zero-order chi connectivity index (χ0) is 27.6. The molecule has 3 heterocycles. The summed E-state index contributed by atoms with van der Waals surface area (Å²) in [7, 11) is 5.88. The van der Waals surface area contributed by atoms with E-state index in [0.29, 0.717) is 44.3 Å².